The lowest BCUT2D eigenvalue weighted by atomic mass is 9.68. The number of carboxylic acid groups (broad SMARTS) is 1. The molecule has 9 nitrogen and oxygen atoms in total. The molecule has 2 aliphatic heterocycles. The first-order valence-electron chi connectivity index (χ1n) is 11.2. The van der Waals surface area contributed by atoms with E-state index in [9.17, 15) is 29.4 Å². The van der Waals surface area contributed by atoms with E-state index in [0.717, 1.165) is 38.1 Å². The molecule has 34 heavy (non-hydrogen) atoms. The molecule has 2 aliphatic carbocycles. The molecular formula is C23H22N2O7S2. The lowest BCUT2D eigenvalue weighted by Crippen LogP contribution is -2.42. The van der Waals surface area contributed by atoms with Crippen molar-refractivity contribution in [1.29, 1.82) is 0 Å². The minimum atomic E-state index is -1.20. The first-order valence-corrected chi connectivity index (χ1v) is 12.9. The molecule has 1 aromatic carbocycles. The number of aliphatic carboxylic acids is 1. The third-order valence-corrected chi connectivity index (χ3v) is 10.3. The lowest BCUT2D eigenvalue weighted by Gasteiger charge is -2.43. The number of nitrogens with zero attached hydrogens (tertiary/aromatic N) is 1. The van der Waals surface area contributed by atoms with E-state index >= 15 is 0 Å². The number of rotatable bonds is 5. The fourth-order valence-electron chi connectivity index (χ4n) is 6.74. The number of aromatic nitrogens is 1. The molecule has 1 aromatic heterocycles. The van der Waals surface area contributed by atoms with E-state index in [1.165, 1.54) is 0 Å². The Labute approximate surface area is 202 Å². The SMILES string of the molecule is CCOc1cc([C@@H]2c3sc(=O)[nH]c3S[C@@H]3[C@H]4C[C@@H]([C@@H]5C(=O)N(CC(=O)O)C(=O)[C@@H]45)[C@@H]23)ccc1O. The van der Waals surface area contributed by atoms with Gasteiger partial charge in [0.25, 0.3) is 0 Å². The average Bonchev–Trinajstić information content (AvgIpc) is 3.51. The third kappa shape index (κ3) is 2.92. The van der Waals surface area contributed by atoms with Gasteiger partial charge in [0.15, 0.2) is 11.5 Å². The Morgan fingerprint density at radius 2 is 1.94 bits per heavy atom. The largest absolute Gasteiger partial charge is 0.504 e. The smallest absolute Gasteiger partial charge is 0.323 e. The summed E-state index contributed by atoms with van der Waals surface area (Å²) in [4.78, 5) is 54.5. The number of carboxylic acids is 1. The van der Waals surface area contributed by atoms with Crippen molar-refractivity contribution in [3.8, 4) is 11.5 Å². The molecule has 0 spiro atoms. The number of aromatic amines is 1. The van der Waals surface area contributed by atoms with Crippen LogP contribution in [-0.2, 0) is 14.4 Å². The number of fused-ring (bicyclic) bond motifs is 9. The predicted molar refractivity (Wildman–Crippen MR) is 122 cm³/mol. The van der Waals surface area contributed by atoms with Crippen molar-refractivity contribution in [2.45, 2.75) is 29.5 Å². The van der Waals surface area contributed by atoms with E-state index in [1.807, 2.05) is 13.0 Å². The number of benzene rings is 1. The van der Waals surface area contributed by atoms with Gasteiger partial charge in [-0.1, -0.05) is 17.4 Å². The number of carbonyl (C=O) groups excluding carboxylic acids is 2. The molecule has 0 radical (unpaired) electrons. The van der Waals surface area contributed by atoms with E-state index in [2.05, 4.69) is 4.98 Å². The van der Waals surface area contributed by atoms with E-state index in [0.29, 0.717) is 12.4 Å². The van der Waals surface area contributed by atoms with E-state index in [-0.39, 0.29) is 51.4 Å². The second kappa shape index (κ2) is 7.61. The number of likely N-dealkylation sites (tertiary alicyclic amines) is 1. The van der Waals surface area contributed by atoms with Crippen LogP contribution >= 0.6 is 23.1 Å². The Kier molecular flexibility index (Phi) is 4.86. The summed E-state index contributed by atoms with van der Waals surface area (Å²) < 4.78 is 5.60. The molecule has 1 saturated heterocycles. The Balaban J connectivity index is 1.45. The highest BCUT2D eigenvalue weighted by atomic mass is 32.2. The molecule has 2 amide bonds. The van der Waals surface area contributed by atoms with Crippen molar-refractivity contribution in [2.75, 3.05) is 13.2 Å². The van der Waals surface area contributed by atoms with Gasteiger partial charge in [-0.2, -0.15) is 0 Å². The van der Waals surface area contributed by atoms with Gasteiger partial charge in [-0.3, -0.25) is 24.1 Å². The number of H-pyrrole nitrogens is 1. The number of nitrogens with one attached hydrogen (secondary N) is 1. The van der Waals surface area contributed by atoms with Crippen LogP contribution in [0.25, 0.3) is 0 Å². The maximum atomic E-state index is 13.2. The van der Waals surface area contributed by atoms with Gasteiger partial charge in [0, 0.05) is 16.0 Å². The molecule has 0 unspecified atom stereocenters. The van der Waals surface area contributed by atoms with E-state index < -0.39 is 24.3 Å². The summed E-state index contributed by atoms with van der Waals surface area (Å²) in [5, 5.41) is 20.2. The summed E-state index contributed by atoms with van der Waals surface area (Å²) in [5.41, 5.74) is 0.885. The van der Waals surface area contributed by atoms with Gasteiger partial charge in [0.05, 0.1) is 23.5 Å². The number of imide groups is 1. The van der Waals surface area contributed by atoms with Crippen molar-refractivity contribution in [2.24, 2.45) is 29.6 Å². The molecule has 3 heterocycles. The number of hydrogen-bond acceptors (Lipinski definition) is 8. The maximum Gasteiger partial charge on any atom is 0.323 e. The summed E-state index contributed by atoms with van der Waals surface area (Å²) in [6.07, 6.45) is 0.724. The van der Waals surface area contributed by atoms with E-state index in [1.54, 1.807) is 23.9 Å². The third-order valence-electron chi connectivity index (χ3n) is 7.75. The normalized spacial score (nSPS) is 33.1. The summed E-state index contributed by atoms with van der Waals surface area (Å²) in [6.45, 7) is 1.61. The Bertz CT molecular complexity index is 1290. The molecule has 11 heteroatoms. The van der Waals surface area contributed by atoms with Crippen molar-refractivity contribution in [1.82, 2.24) is 9.88 Å². The Hall–Kier alpha value is -2.79. The van der Waals surface area contributed by atoms with Crippen LogP contribution in [-0.4, -0.2) is 56.3 Å². The second-order valence-electron chi connectivity index (χ2n) is 9.28. The molecular weight excluding hydrogens is 480 g/mol. The minimum absolute atomic E-state index is 0.00394. The first kappa shape index (κ1) is 21.7. The Morgan fingerprint density at radius 3 is 2.65 bits per heavy atom. The van der Waals surface area contributed by atoms with Crippen LogP contribution in [0.4, 0.5) is 0 Å². The number of phenols is 1. The van der Waals surface area contributed by atoms with Crippen LogP contribution < -0.4 is 9.61 Å². The number of aromatic hydroxyl groups is 1. The first-order chi connectivity index (χ1) is 16.3. The molecule has 4 aliphatic rings. The number of phenolic OH excluding ortho intramolecular Hbond substituents is 1. The molecule has 178 valence electrons. The van der Waals surface area contributed by atoms with Crippen molar-refractivity contribution in [3.63, 3.8) is 0 Å². The van der Waals surface area contributed by atoms with Crippen LogP contribution in [0.5, 0.6) is 11.5 Å². The number of amides is 2. The van der Waals surface area contributed by atoms with Gasteiger partial charge in [-0.15, -0.1) is 11.8 Å². The molecule has 6 rings (SSSR count). The summed E-state index contributed by atoms with van der Waals surface area (Å²) in [6, 6.07) is 5.21. The standard InChI is InChI=1S/C23H22N2O7S2/c1-2-32-12-5-8(3-4-11(12)26)14-15-9-6-10(18(15)33-20-19(14)34-23(31)24-20)17-16(9)21(29)25(22(17)30)7-13(27)28/h3-5,9-10,14-18,26H,2,6-7H2,1H3,(H,24,31)(H,27,28)/t9-,10+,14+,15+,16+,17+,18-/m1/s1. The van der Waals surface area contributed by atoms with Gasteiger partial charge >= 0.3 is 10.8 Å². The van der Waals surface area contributed by atoms with E-state index in [4.69, 9.17) is 4.74 Å². The molecule has 2 saturated carbocycles. The van der Waals surface area contributed by atoms with Crippen LogP contribution in [0.3, 0.4) is 0 Å². The lowest BCUT2D eigenvalue weighted by molar-refractivity contribution is -0.149. The molecule has 2 aromatic rings. The Morgan fingerprint density at radius 1 is 1.21 bits per heavy atom. The highest BCUT2D eigenvalue weighted by Crippen LogP contribution is 2.68. The minimum Gasteiger partial charge on any atom is -0.504 e. The fraction of sp³-hybridized carbons (Fsp3) is 0.478. The van der Waals surface area contributed by atoms with Gasteiger partial charge in [-0.05, 0) is 48.8 Å². The predicted octanol–water partition coefficient (Wildman–Crippen LogP) is 2.10. The zero-order valence-electron chi connectivity index (χ0n) is 18.1. The van der Waals surface area contributed by atoms with Crippen molar-refractivity contribution in [3.05, 3.63) is 38.3 Å². The molecule has 2 bridgehead atoms. The van der Waals surface area contributed by atoms with Crippen LogP contribution in [0.2, 0.25) is 0 Å². The van der Waals surface area contributed by atoms with Gasteiger partial charge in [-0.25, -0.2) is 0 Å². The van der Waals surface area contributed by atoms with Gasteiger partial charge in [0.2, 0.25) is 11.8 Å². The van der Waals surface area contributed by atoms with Crippen LogP contribution in [0, 0.1) is 29.6 Å². The molecule has 3 fully saturated rings. The highest BCUT2D eigenvalue weighted by molar-refractivity contribution is 8.00. The average molecular weight is 503 g/mol. The summed E-state index contributed by atoms with van der Waals surface area (Å²) in [5.74, 6) is -2.97. The van der Waals surface area contributed by atoms with Gasteiger partial charge < -0.3 is 19.9 Å². The van der Waals surface area contributed by atoms with Crippen molar-refractivity contribution >= 4 is 40.9 Å². The van der Waals surface area contributed by atoms with Crippen LogP contribution in [0.15, 0.2) is 28.0 Å². The number of ether oxygens (including phenoxy) is 1. The van der Waals surface area contributed by atoms with Gasteiger partial charge in [0.1, 0.15) is 6.54 Å². The molecule has 7 atom stereocenters. The monoisotopic (exact) mass is 502 g/mol. The number of thiazole rings is 1. The second-order valence-corrected chi connectivity index (χ2v) is 11.5. The zero-order chi connectivity index (χ0) is 23.9. The highest BCUT2D eigenvalue weighted by Gasteiger charge is 2.69. The summed E-state index contributed by atoms with van der Waals surface area (Å²) >= 11 is 2.72. The quantitative estimate of drug-likeness (QED) is 0.529. The van der Waals surface area contributed by atoms with Crippen molar-refractivity contribution < 1.29 is 29.3 Å². The summed E-state index contributed by atoms with van der Waals surface area (Å²) in [7, 11) is 0. The number of thioether (sulfide) groups is 1. The topological polar surface area (TPSA) is 137 Å². The molecule has 3 N–H and O–H groups in total. The maximum absolute atomic E-state index is 13.2. The fourth-order valence-corrected chi connectivity index (χ4v) is 9.63. The zero-order valence-corrected chi connectivity index (χ0v) is 19.7. The number of carbonyl (C=O) groups is 3. The van der Waals surface area contributed by atoms with Crippen LogP contribution in [0.1, 0.15) is 29.7 Å². The number of hydrogen-bond donors (Lipinski definition) is 3.